The van der Waals surface area contributed by atoms with E-state index < -0.39 is 0 Å². The van der Waals surface area contributed by atoms with Crippen molar-refractivity contribution in [3.63, 3.8) is 0 Å². The number of hydrogen-bond donors (Lipinski definition) is 1. The fourth-order valence-corrected chi connectivity index (χ4v) is 2.11. The molecule has 0 aromatic carbocycles. The van der Waals surface area contributed by atoms with Gasteiger partial charge in [0.2, 0.25) is 0 Å². The molecule has 1 aromatic rings. The molecule has 0 saturated heterocycles. The zero-order chi connectivity index (χ0) is 13.0. The van der Waals surface area contributed by atoms with Gasteiger partial charge in [0, 0.05) is 30.7 Å². The first-order chi connectivity index (χ1) is 8.70. The number of hydrogen-bond acceptors (Lipinski definition) is 3. The molecule has 0 spiro atoms. The second-order valence-corrected chi connectivity index (χ2v) is 5.35. The van der Waals surface area contributed by atoms with E-state index in [1.807, 2.05) is 6.08 Å². The van der Waals surface area contributed by atoms with Gasteiger partial charge in [0.25, 0.3) is 0 Å². The largest absolute Gasteiger partial charge is 0.468 e. The summed E-state index contributed by atoms with van der Waals surface area (Å²) in [5, 5.41) is 3.44. The van der Waals surface area contributed by atoms with Crippen LogP contribution in [0.5, 0.6) is 0 Å². The topological polar surface area (TPSA) is 28.4 Å². The van der Waals surface area contributed by atoms with E-state index in [9.17, 15) is 0 Å². The Bertz CT molecular complexity index is 380. The van der Waals surface area contributed by atoms with Crippen LogP contribution in [0.2, 0.25) is 0 Å². The van der Waals surface area contributed by atoms with Crippen molar-refractivity contribution in [3.05, 3.63) is 36.3 Å². The molecule has 3 heteroatoms. The lowest BCUT2D eigenvalue weighted by Gasteiger charge is -2.19. The number of nitrogens with zero attached hydrogens (tertiary/aromatic N) is 1. The minimum atomic E-state index is 0.500. The zero-order valence-corrected chi connectivity index (χ0v) is 11.5. The molecule has 1 aliphatic carbocycles. The quantitative estimate of drug-likeness (QED) is 0.717. The van der Waals surface area contributed by atoms with Gasteiger partial charge in [0.1, 0.15) is 5.76 Å². The van der Waals surface area contributed by atoms with E-state index in [4.69, 9.17) is 4.42 Å². The Hall–Kier alpha value is -1.06. The van der Waals surface area contributed by atoms with Gasteiger partial charge in [-0.15, -0.1) is 6.58 Å². The first-order valence-corrected chi connectivity index (χ1v) is 6.84. The van der Waals surface area contributed by atoms with Crippen LogP contribution < -0.4 is 5.32 Å². The van der Waals surface area contributed by atoms with E-state index in [0.29, 0.717) is 6.04 Å². The second kappa shape index (κ2) is 6.21. The summed E-state index contributed by atoms with van der Waals surface area (Å²) in [4.78, 5) is 2.45. The predicted octanol–water partition coefficient (Wildman–Crippen LogP) is 2.93. The monoisotopic (exact) mass is 248 g/mol. The summed E-state index contributed by atoms with van der Waals surface area (Å²) in [6.45, 7) is 10.9. The lowest BCUT2D eigenvalue weighted by molar-refractivity contribution is 0.256. The number of rotatable bonds is 8. The molecule has 0 radical (unpaired) electrons. The Morgan fingerprint density at radius 1 is 1.56 bits per heavy atom. The van der Waals surface area contributed by atoms with Crippen molar-refractivity contribution in [1.82, 2.24) is 10.2 Å². The molecule has 1 saturated carbocycles. The molecule has 2 rings (SSSR count). The molecule has 18 heavy (non-hydrogen) atoms. The van der Waals surface area contributed by atoms with Crippen LogP contribution in [0.1, 0.15) is 38.0 Å². The highest BCUT2D eigenvalue weighted by molar-refractivity contribution is 5.17. The zero-order valence-electron chi connectivity index (χ0n) is 11.5. The van der Waals surface area contributed by atoms with E-state index in [1.165, 1.54) is 18.4 Å². The van der Waals surface area contributed by atoms with Gasteiger partial charge in [0.15, 0.2) is 0 Å². The predicted molar refractivity (Wildman–Crippen MR) is 74.3 cm³/mol. The standard InChI is InChI=1S/C15H24N2O/c1-4-8-17(14-5-6-14)11-15-13(7-9-18-15)10-16-12(2)3/h4,7,9,12,14,16H,1,5-6,8,10-11H2,2-3H3. The van der Waals surface area contributed by atoms with E-state index in [2.05, 4.69) is 36.7 Å². The Balaban J connectivity index is 1.94. The Morgan fingerprint density at radius 2 is 2.33 bits per heavy atom. The fraction of sp³-hybridized carbons (Fsp3) is 0.600. The molecule has 0 aliphatic heterocycles. The van der Waals surface area contributed by atoms with Crippen LogP contribution in [0.3, 0.4) is 0 Å². The van der Waals surface area contributed by atoms with E-state index in [-0.39, 0.29) is 0 Å². The molecule has 1 heterocycles. The van der Waals surface area contributed by atoms with E-state index in [0.717, 1.165) is 31.4 Å². The van der Waals surface area contributed by atoms with Crippen LogP contribution in [-0.4, -0.2) is 23.5 Å². The van der Waals surface area contributed by atoms with Gasteiger partial charge in [-0.3, -0.25) is 4.90 Å². The molecule has 0 amide bonds. The third-order valence-corrected chi connectivity index (χ3v) is 3.31. The van der Waals surface area contributed by atoms with Crippen molar-refractivity contribution >= 4 is 0 Å². The third-order valence-electron chi connectivity index (χ3n) is 3.31. The number of nitrogens with one attached hydrogen (secondary N) is 1. The highest BCUT2D eigenvalue weighted by Crippen LogP contribution is 2.28. The Labute approximate surface area is 110 Å². The average Bonchev–Trinajstić information content (AvgIpc) is 3.08. The van der Waals surface area contributed by atoms with Crippen molar-refractivity contribution in [3.8, 4) is 0 Å². The summed E-state index contributed by atoms with van der Waals surface area (Å²) < 4.78 is 5.64. The van der Waals surface area contributed by atoms with Crippen LogP contribution in [-0.2, 0) is 13.1 Å². The average molecular weight is 248 g/mol. The Morgan fingerprint density at radius 3 is 2.94 bits per heavy atom. The Kier molecular flexibility index (Phi) is 4.61. The molecule has 100 valence electrons. The van der Waals surface area contributed by atoms with Gasteiger partial charge in [-0.1, -0.05) is 19.9 Å². The van der Waals surface area contributed by atoms with Crippen LogP contribution in [0.25, 0.3) is 0 Å². The van der Waals surface area contributed by atoms with Crippen molar-refractivity contribution in [2.24, 2.45) is 0 Å². The molecule has 1 fully saturated rings. The molecule has 0 unspecified atom stereocenters. The lowest BCUT2D eigenvalue weighted by atomic mass is 10.2. The molecule has 1 aliphatic rings. The van der Waals surface area contributed by atoms with Crippen LogP contribution in [0, 0.1) is 0 Å². The van der Waals surface area contributed by atoms with Crippen molar-refractivity contribution in [2.75, 3.05) is 6.54 Å². The van der Waals surface area contributed by atoms with Crippen molar-refractivity contribution < 1.29 is 4.42 Å². The summed E-state index contributed by atoms with van der Waals surface area (Å²) in [6, 6.07) is 3.31. The van der Waals surface area contributed by atoms with Gasteiger partial charge in [0.05, 0.1) is 12.8 Å². The SMILES string of the molecule is C=CCN(Cc1occc1CNC(C)C)C1CC1. The maximum Gasteiger partial charge on any atom is 0.122 e. The third kappa shape index (κ3) is 3.72. The summed E-state index contributed by atoms with van der Waals surface area (Å²) in [7, 11) is 0. The molecule has 3 nitrogen and oxygen atoms in total. The van der Waals surface area contributed by atoms with Gasteiger partial charge in [-0.05, 0) is 18.9 Å². The highest BCUT2D eigenvalue weighted by Gasteiger charge is 2.29. The molecule has 1 N–H and O–H groups in total. The fourth-order valence-electron chi connectivity index (χ4n) is 2.11. The van der Waals surface area contributed by atoms with Crippen LogP contribution >= 0.6 is 0 Å². The number of furan rings is 1. The van der Waals surface area contributed by atoms with Crippen molar-refractivity contribution in [1.29, 1.82) is 0 Å². The maximum atomic E-state index is 5.64. The normalized spacial score (nSPS) is 15.6. The molecule has 1 aromatic heterocycles. The van der Waals surface area contributed by atoms with Gasteiger partial charge < -0.3 is 9.73 Å². The van der Waals surface area contributed by atoms with Gasteiger partial charge >= 0.3 is 0 Å². The molecular formula is C15H24N2O. The molecule has 0 bridgehead atoms. The highest BCUT2D eigenvalue weighted by atomic mass is 16.3. The first kappa shape index (κ1) is 13.4. The van der Waals surface area contributed by atoms with Crippen LogP contribution in [0.15, 0.2) is 29.4 Å². The smallest absolute Gasteiger partial charge is 0.122 e. The maximum absolute atomic E-state index is 5.64. The lowest BCUT2D eigenvalue weighted by Crippen LogP contribution is -2.27. The van der Waals surface area contributed by atoms with Gasteiger partial charge in [-0.25, -0.2) is 0 Å². The van der Waals surface area contributed by atoms with E-state index >= 15 is 0 Å². The van der Waals surface area contributed by atoms with Crippen molar-refractivity contribution in [2.45, 2.75) is 51.9 Å². The minimum Gasteiger partial charge on any atom is -0.468 e. The summed E-state index contributed by atoms with van der Waals surface area (Å²) in [6.07, 6.45) is 6.40. The first-order valence-electron chi connectivity index (χ1n) is 6.84. The minimum absolute atomic E-state index is 0.500. The van der Waals surface area contributed by atoms with E-state index in [1.54, 1.807) is 6.26 Å². The van der Waals surface area contributed by atoms with Crippen LogP contribution in [0.4, 0.5) is 0 Å². The summed E-state index contributed by atoms with van der Waals surface area (Å²) >= 11 is 0. The summed E-state index contributed by atoms with van der Waals surface area (Å²) in [5.74, 6) is 1.09. The second-order valence-electron chi connectivity index (χ2n) is 5.35. The van der Waals surface area contributed by atoms with Gasteiger partial charge in [-0.2, -0.15) is 0 Å². The molecular weight excluding hydrogens is 224 g/mol. The molecule has 0 atom stereocenters. The summed E-state index contributed by atoms with van der Waals surface area (Å²) in [5.41, 5.74) is 1.28.